The summed E-state index contributed by atoms with van der Waals surface area (Å²) in [7, 11) is 3.65. The molecular formula is C16H19FN2O. The van der Waals surface area contributed by atoms with E-state index in [4.69, 9.17) is 10.5 Å². The van der Waals surface area contributed by atoms with E-state index in [9.17, 15) is 4.39 Å². The Labute approximate surface area is 118 Å². The lowest BCUT2D eigenvalue weighted by Gasteiger charge is -2.19. The molecule has 0 aliphatic heterocycles. The number of nitrogens with zero attached hydrogens (tertiary/aromatic N) is 1. The number of anilines is 1. The summed E-state index contributed by atoms with van der Waals surface area (Å²) >= 11 is 0. The Balaban J connectivity index is 2.05. The van der Waals surface area contributed by atoms with Crippen molar-refractivity contribution in [3.8, 4) is 5.75 Å². The van der Waals surface area contributed by atoms with E-state index < -0.39 is 0 Å². The van der Waals surface area contributed by atoms with E-state index in [2.05, 4.69) is 4.90 Å². The number of benzene rings is 2. The fraction of sp³-hybridized carbons (Fsp3) is 0.250. The van der Waals surface area contributed by atoms with Gasteiger partial charge in [-0.1, -0.05) is 12.1 Å². The first-order chi connectivity index (χ1) is 9.58. The van der Waals surface area contributed by atoms with Crippen LogP contribution in [-0.2, 0) is 13.1 Å². The molecule has 0 fully saturated rings. The van der Waals surface area contributed by atoms with Crippen molar-refractivity contribution in [2.75, 3.05) is 19.9 Å². The second kappa shape index (κ2) is 6.39. The molecule has 4 heteroatoms. The lowest BCUT2D eigenvalue weighted by atomic mass is 10.1. The molecule has 0 saturated heterocycles. The van der Waals surface area contributed by atoms with E-state index >= 15 is 0 Å². The fourth-order valence-corrected chi connectivity index (χ4v) is 2.17. The molecule has 0 amide bonds. The van der Waals surface area contributed by atoms with Crippen LogP contribution in [0.3, 0.4) is 0 Å². The van der Waals surface area contributed by atoms with Crippen molar-refractivity contribution < 1.29 is 9.13 Å². The Bertz CT molecular complexity index is 569. The third-order valence-electron chi connectivity index (χ3n) is 3.11. The molecule has 0 atom stereocenters. The van der Waals surface area contributed by atoms with Crippen LogP contribution >= 0.6 is 0 Å². The van der Waals surface area contributed by atoms with Crippen LogP contribution in [-0.4, -0.2) is 19.1 Å². The minimum Gasteiger partial charge on any atom is -0.496 e. The summed E-state index contributed by atoms with van der Waals surface area (Å²) < 4.78 is 18.2. The minimum atomic E-state index is -0.214. The van der Waals surface area contributed by atoms with Gasteiger partial charge in [-0.25, -0.2) is 4.39 Å². The SMILES string of the molecule is COc1ccc(N)cc1CN(C)Cc1ccc(F)cc1. The zero-order valence-corrected chi connectivity index (χ0v) is 11.8. The number of nitrogens with two attached hydrogens (primary N) is 1. The number of halogens is 1. The summed E-state index contributed by atoms with van der Waals surface area (Å²) in [6.45, 7) is 1.45. The van der Waals surface area contributed by atoms with Gasteiger partial charge >= 0.3 is 0 Å². The van der Waals surface area contributed by atoms with Gasteiger partial charge in [-0.15, -0.1) is 0 Å². The van der Waals surface area contributed by atoms with Gasteiger partial charge in [0.25, 0.3) is 0 Å². The van der Waals surface area contributed by atoms with Crippen LogP contribution in [0.25, 0.3) is 0 Å². The third kappa shape index (κ3) is 3.71. The monoisotopic (exact) mass is 274 g/mol. The number of hydrogen-bond donors (Lipinski definition) is 1. The maximum absolute atomic E-state index is 12.9. The van der Waals surface area contributed by atoms with Gasteiger partial charge in [0.05, 0.1) is 7.11 Å². The van der Waals surface area contributed by atoms with Gasteiger partial charge in [0.2, 0.25) is 0 Å². The summed E-state index contributed by atoms with van der Waals surface area (Å²) in [4.78, 5) is 2.13. The number of methoxy groups -OCH3 is 1. The molecule has 2 aromatic carbocycles. The van der Waals surface area contributed by atoms with Crippen molar-refractivity contribution >= 4 is 5.69 Å². The summed E-state index contributed by atoms with van der Waals surface area (Å²) in [5.41, 5.74) is 8.64. The van der Waals surface area contributed by atoms with Crippen molar-refractivity contribution in [2.45, 2.75) is 13.1 Å². The molecule has 0 unspecified atom stereocenters. The first kappa shape index (κ1) is 14.3. The molecular weight excluding hydrogens is 255 g/mol. The zero-order chi connectivity index (χ0) is 14.5. The van der Waals surface area contributed by atoms with Gasteiger partial charge in [-0.05, 0) is 42.9 Å². The van der Waals surface area contributed by atoms with E-state index in [0.29, 0.717) is 6.54 Å². The Morgan fingerprint density at radius 1 is 1.10 bits per heavy atom. The minimum absolute atomic E-state index is 0.214. The van der Waals surface area contributed by atoms with Crippen molar-refractivity contribution in [3.63, 3.8) is 0 Å². The van der Waals surface area contributed by atoms with Gasteiger partial charge in [-0.3, -0.25) is 4.90 Å². The second-order valence-corrected chi connectivity index (χ2v) is 4.87. The molecule has 20 heavy (non-hydrogen) atoms. The topological polar surface area (TPSA) is 38.5 Å². The molecule has 2 rings (SSSR count). The molecule has 0 saturated carbocycles. The Hall–Kier alpha value is -2.07. The van der Waals surface area contributed by atoms with Crippen LogP contribution in [0.4, 0.5) is 10.1 Å². The number of nitrogen functional groups attached to an aromatic ring is 1. The molecule has 0 aliphatic carbocycles. The highest BCUT2D eigenvalue weighted by Crippen LogP contribution is 2.22. The third-order valence-corrected chi connectivity index (χ3v) is 3.11. The molecule has 106 valence electrons. The normalized spacial score (nSPS) is 10.8. The number of hydrogen-bond acceptors (Lipinski definition) is 3. The molecule has 2 N–H and O–H groups in total. The van der Waals surface area contributed by atoms with Crippen LogP contribution in [0.2, 0.25) is 0 Å². The highest BCUT2D eigenvalue weighted by atomic mass is 19.1. The quantitative estimate of drug-likeness (QED) is 0.852. The Morgan fingerprint density at radius 2 is 1.80 bits per heavy atom. The van der Waals surface area contributed by atoms with Crippen LogP contribution in [0.15, 0.2) is 42.5 Å². The lowest BCUT2D eigenvalue weighted by Crippen LogP contribution is -2.17. The molecule has 0 spiro atoms. The molecule has 0 radical (unpaired) electrons. The Kier molecular flexibility index (Phi) is 4.58. The smallest absolute Gasteiger partial charge is 0.123 e. The van der Waals surface area contributed by atoms with E-state index in [1.807, 2.05) is 25.2 Å². The summed E-state index contributed by atoms with van der Waals surface area (Å²) in [6, 6.07) is 12.2. The summed E-state index contributed by atoms with van der Waals surface area (Å²) in [5, 5.41) is 0. The van der Waals surface area contributed by atoms with Crippen LogP contribution in [0.5, 0.6) is 5.75 Å². The van der Waals surface area contributed by atoms with Gasteiger partial charge in [0, 0.05) is 24.3 Å². The standard InChI is InChI=1S/C16H19FN2O/c1-19(10-12-3-5-14(17)6-4-12)11-13-9-15(18)7-8-16(13)20-2/h3-9H,10-11,18H2,1-2H3. The van der Waals surface area contributed by atoms with E-state index in [-0.39, 0.29) is 5.82 Å². The predicted molar refractivity (Wildman–Crippen MR) is 79.0 cm³/mol. The molecule has 3 nitrogen and oxygen atoms in total. The largest absolute Gasteiger partial charge is 0.496 e. The molecule has 2 aromatic rings. The lowest BCUT2D eigenvalue weighted by molar-refractivity contribution is 0.310. The van der Waals surface area contributed by atoms with Crippen molar-refractivity contribution in [3.05, 3.63) is 59.4 Å². The Morgan fingerprint density at radius 3 is 2.45 bits per heavy atom. The maximum Gasteiger partial charge on any atom is 0.123 e. The van der Waals surface area contributed by atoms with Crippen molar-refractivity contribution in [1.82, 2.24) is 4.90 Å². The van der Waals surface area contributed by atoms with E-state index in [1.54, 1.807) is 19.2 Å². The second-order valence-electron chi connectivity index (χ2n) is 4.87. The first-order valence-corrected chi connectivity index (χ1v) is 6.44. The van der Waals surface area contributed by atoms with Crippen molar-refractivity contribution in [2.24, 2.45) is 0 Å². The molecule has 0 aromatic heterocycles. The van der Waals surface area contributed by atoms with Crippen LogP contribution in [0.1, 0.15) is 11.1 Å². The maximum atomic E-state index is 12.9. The van der Waals surface area contributed by atoms with Crippen LogP contribution < -0.4 is 10.5 Å². The van der Waals surface area contributed by atoms with E-state index in [0.717, 1.165) is 29.1 Å². The predicted octanol–water partition coefficient (Wildman–Crippen LogP) is 3.05. The fourth-order valence-electron chi connectivity index (χ4n) is 2.17. The van der Waals surface area contributed by atoms with Gasteiger partial charge in [0.1, 0.15) is 11.6 Å². The summed E-state index contributed by atoms with van der Waals surface area (Å²) in [5.74, 6) is 0.610. The highest BCUT2D eigenvalue weighted by molar-refractivity contribution is 5.47. The van der Waals surface area contributed by atoms with E-state index in [1.165, 1.54) is 12.1 Å². The molecule has 0 aliphatic rings. The van der Waals surface area contributed by atoms with Gasteiger partial charge < -0.3 is 10.5 Å². The average Bonchev–Trinajstić information content (AvgIpc) is 2.41. The molecule has 0 heterocycles. The average molecular weight is 274 g/mol. The first-order valence-electron chi connectivity index (χ1n) is 6.44. The number of ether oxygens (including phenoxy) is 1. The van der Waals surface area contributed by atoms with Gasteiger partial charge in [-0.2, -0.15) is 0 Å². The number of rotatable bonds is 5. The highest BCUT2D eigenvalue weighted by Gasteiger charge is 2.07. The zero-order valence-electron chi connectivity index (χ0n) is 11.8. The summed E-state index contributed by atoms with van der Waals surface area (Å²) in [6.07, 6.45) is 0. The van der Waals surface area contributed by atoms with Crippen molar-refractivity contribution in [1.29, 1.82) is 0 Å². The molecule has 0 bridgehead atoms. The van der Waals surface area contributed by atoms with Crippen LogP contribution in [0, 0.1) is 5.82 Å². The van der Waals surface area contributed by atoms with Gasteiger partial charge in [0.15, 0.2) is 0 Å².